The van der Waals surface area contributed by atoms with Gasteiger partial charge in [-0.15, -0.1) is 0 Å². The minimum Gasteiger partial charge on any atom is -0.457 e. The van der Waals surface area contributed by atoms with Crippen LogP contribution in [0, 0.1) is 6.92 Å². The second-order valence-corrected chi connectivity index (χ2v) is 13.0. The van der Waals surface area contributed by atoms with E-state index in [0.717, 1.165) is 15.4 Å². The molecule has 4 aromatic carbocycles. The highest BCUT2D eigenvalue weighted by atomic mass is 32.2. The maximum absolute atomic E-state index is 14.2. The van der Waals surface area contributed by atoms with Crippen molar-refractivity contribution in [2.45, 2.75) is 57.5 Å². The molecule has 0 radical (unpaired) electrons. The van der Waals surface area contributed by atoms with Gasteiger partial charge in [0.25, 0.3) is 10.0 Å². The van der Waals surface area contributed by atoms with E-state index in [-0.39, 0.29) is 23.4 Å². The summed E-state index contributed by atoms with van der Waals surface area (Å²) in [5.41, 5.74) is 2.22. The molecular weight excluding hydrogens is 586 g/mol. The van der Waals surface area contributed by atoms with Gasteiger partial charge < -0.3 is 15.0 Å². The molecule has 9 heteroatoms. The summed E-state index contributed by atoms with van der Waals surface area (Å²) in [6, 6.07) is 31.1. The average Bonchev–Trinajstić information content (AvgIpc) is 3.03. The number of nitrogens with one attached hydrogen (secondary N) is 1. The van der Waals surface area contributed by atoms with Crippen molar-refractivity contribution in [2.24, 2.45) is 0 Å². The van der Waals surface area contributed by atoms with Crippen molar-refractivity contribution in [1.29, 1.82) is 0 Å². The molecule has 0 aliphatic carbocycles. The van der Waals surface area contributed by atoms with Gasteiger partial charge in [0.2, 0.25) is 11.8 Å². The first kappa shape index (κ1) is 33.3. The molecule has 0 bridgehead atoms. The molecule has 0 aliphatic heterocycles. The highest BCUT2D eigenvalue weighted by Crippen LogP contribution is 2.28. The summed E-state index contributed by atoms with van der Waals surface area (Å²) in [4.78, 5) is 29.0. The van der Waals surface area contributed by atoms with Crippen LogP contribution in [0.25, 0.3) is 0 Å². The van der Waals surface area contributed by atoms with Crippen LogP contribution >= 0.6 is 0 Å². The first-order valence-electron chi connectivity index (χ1n) is 15.1. The van der Waals surface area contributed by atoms with Crippen molar-refractivity contribution < 1.29 is 22.7 Å². The summed E-state index contributed by atoms with van der Waals surface area (Å²) in [5.74, 6) is 0.412. The molecule has 0 saturated heterocycles. The van der Waals surface area contributed by atoms with E-state index in [0.29, 0.717) is 30.0 Å². The molecule has 0 heterocycles. The van der Waals surface area contributed by atoms with Gasteiger partial charge in [0, 0.05) is 12.6 Å². The van der Waals surface area contributed by atoms with E-state index in [1.165, 1.54) is 17.0 Å². The number of carbonyl (C=O) groups excluding carboxylic acids is 2. The summed E-state index contributed by atoms with van der Waals surface area (Å²) in [6.07, 6.45) is 0.879. The zero-order valence-electron chi connectivity index (χ0n) is 26.2. The Bertz CT molecular complexity index is 1640. The molecule has 45 heavy (non-hydrogen) atoms. The summed E-state index contributed by atoms with van der Waals surface area (Å²) >= 11 is 0. The molecule has 1 unspecified atom stereocenters. The summed E-state index contributed by atoms with van der Waals surface area (Å²) in [7, 11) is -4.17. The zero-order valence-corrected chi connectivity index (χ0v) is 27.0. The lowest BCUT2D eigenvalue weighted by atomic mass is 10.1. The predicted octanol–water partition coefficient (Wildman–Crippen LogP) is 6.36. The number of anilines is 1. The van der Waals surface area contributed by atoms with E-state index in [1.54, 1.807) is 36.4 Å². The molecule has 1 N–H and O–H groups in total. The van der Waals surface area contributed by atoms with Crippen LogP contribution in [0.2, 0.25) is 0 Å². The van der Waals surface area contributed by atoms with Crippen molar-refractivity contribution >= 4 is 27.5 Å². The predicted molar refractivity (Wildman–Crippen MR) is 178 cm³/mol. The molecular formula is C36H41N3O5S. The van der Waals surface area contributed by atoms with Gasteiger partial charge in [-0.1, -0.05) is 73.2 Å². The number of carbonyl (C=O) groups is 2. The topological polar surface area (TPSA) is 96.0 Å². The lowest BCUT2D eigenvalue weighted by Gasteiger charge is -2.33. The fourth-order valence-corrected chi connectivity index (χ4v) is 6.36. The van der Waals surface area contributed by atoms with Gasteiger partial charge in [-0.25, -0.2) is 8.42 Å². The maximum atomic E-state index is 14.2. The number of ether oxygens (including phenoxy) is 1. The van der Waals surface area contributed by atoms with E-state index in [2.05, 4.69) is 5.32 Å². The van der Waals surface area contributed by atoms with Crippen molar-refractivity contribution in [1.82, 2.24) is 10.2 Å². The highest BCUT2D eigenvalue weighted by Gasteiger charge is 2.33. The molecule has 1 atom stereocenters. The molecule has 0 aromatic heterocycles. The quantitative estimate of drug-likeness (QED) is 0.176. The average molecular weight is 628 g/mol. The second kappa shape index (κ2) is 15.4. The van der Waals surface area contributed by atoms with E-state index >= 15 is 0 Å². The van der Waals surface area contributed by atoms with Crippen LogP contribution in [-0.4, -0.2) is 50.3 Å². The number of amides is 2. The van der Waals surface area contributed by atoms with Gasteiger partial charge in [-0.05, 0) is 87.7 Å². The number of benzene rings is 4. The Morgan fingerprint density at radius 1 is 0.800 bits per heavy atom. The van der Waals surface area contributed by atoms with E-state index in [4.69, 9.17) is 4.74 Å². The molecule has 0 fully saturated rings. The molecule has 4 aromatic rings. The molecule has 8 nitrogen and oxygen atoms in total. The zero-order chi connectivity index (χ0) is 32.4. The number of para-hydroxylation sites is 1. The number of hydrogen-bond donors (Lipinski definition) is 1. The SMILES string of the molecule is CCC(C(=O)NC(C)C)N(CCc1ccccc1)C(=O)CN(c1ccc(Oc2ccccc2)cc1)S(=O)(=O)c1ccc(C)cc1. The Morgan fingerprint density at radius 3 is 1.96 bits per heavy atom. The summed E-state index contributed by atoms with van der Waals surface area (Å²) in [5, 5.41) is 2.92. The van der Waals surface area contributed by atoms with Gasteiger partial charge >= 0.3 is 0 Å². The highest BCUT2D eigenvalue weighted by molar-refractivity contribution is 7.92. The van der Waals surface area contributed by atoms with Crippen molar-refractivity contribution in [3.05, 3.63) is 120 Å². The van der Waals surface area contributed by atoms with Crippen molar-refractivity contribution in [3.63, 3.8) is 0 Å². The van der Waals surface area contributed by atoms with Gasteiger partial charge in [0.05, 0.1) is 10.6 Å². The molecule has 0 aliphatic rings. The van der Waals surface area contributed by atoms with Crippen LogP contribution in [0.15, 0.2) is 114 Å². The summed E-state index contributed by atoms with van der Waals surface area (Å²) in [6.45, 7) is 7.20. The Labute approximate surface area is 266 Å². The number of rotatable bonds is 14. The van der Waals surface area contributed by atoms with Crippen molar-refractivity contribution in [2.75, 3.05) is 17.4 Å². The van der Waals surface area contributed by atoms with Crippen molar-refractivity contribution in [3.8, 4) is 11.5 Å². The molecule has 0 saturated carbocycles. The minimum absolute atomic E-state index is 0.0611. The van der Waals surface area contributed by atoms with Gasteiger partial charge in [-0.2, -0.15) is 0 Å². The third-order valence-electron chi connectivity index (χ3n) is 7.29. The maximum Gasteiger partial charge on any atom is 0.264 e. The second-order valence-electron chi connectivity index (χ2n) is 11.1. The van der Waals surface area contributed by atoms with Gasteiger partial charge in [-0.3, -0.25) is 13.9 Å². The lowest BCUT2D eigenvalue weighted by Crippen LogP contribution is -2.54. The van der Waals surface area contributed by atoms with Crippen LogP contribution in [0.3, 0.4) is 0 Å². The number of aryl methyl sites for hydroxylation is 1. The van der Waals surface area contributed by atoms with E-state index in [9.17, 15) is 18.0 Å². The summed E-state index contributed by atoms with van der Waals surface area (Å²) < 4.78 is 35.3. The van der Waals surface area contributed by atoms with Crippen LogP contribution in [0.1, 0.15) is 38.3 Å². The third-order valence-corrected chi connectivity index (χ3v) is 9.08. The minimum atomic E-state index is -4.17. The Hall–Kier alpha value is -4.63. The fraction of sp³-hybridized carbons (Fsp3) is 0.278. The van der Waals surface area contributed by atoms with Crippen LogP contribution < -0.4 is 14.4 Å². The van der Waals surface area contributed by atoms with E-state index in [1.807, 2.05) is 88.4 Å². The Morgan fingerprint density at radius 2 is 1.38 bits per heavy atom. The smallest absolute Gasteiger partial charge is 0.264 e. The first-order chi connectivity index (χ1) is 21.6. The van der Waals surface area contributed by atoms with Crippen LogP contribution in [-0.2, 0) is 26.0 Å². The molecule has 0 spiro atoms. The van der Waals surface area contributed by atoms with Crippen LogP contribution in [0.5, 0.6) is 11.5 Å². The normalized spacial score (nSPS) is 11.9. The first-order valence-corrected chi connectivity index (χ1v) is 16.6. The Balaban J connectivity index is 1.69. The third kappa shape index (κ3) is 8.95. The number of hydrogen-bond acceptors (Lipinski definition) is 5. The largest absolute Gasteiger partial charge is 0.457 e. The van der Waals surface area contributed by atoms with Gasteiger partial charge in [0.1, 0.15) is 24.1 Å². The monoisotopic (exact) mass is 627 g/mol. The number of nitrogens with zero attached hydrogens (tertiary/aromatic N) is 2. The molecule has 2 amide bonds. The lowest BCUT2D eigenvalue weighted by molar-refractivity contribution is -0.139. The fourth-order valence-electron chi connectivity index (χ4n) is 4.95. The van der Waals surface area contributed by atoms with Gasteiger partial charge in [0.15, 0.2) is 0 Å². The van der Waals surface area contributed by atoms with E-state index < -0.39 is 28.5 Å². The molecule has 4 rings (SSSR count). The molecule has 236 valence electrons. The standard InChI is InChI=1S/C36H41N3O5S/c1-5-34(36(41)37-27(2)3)38(25-24-29-12-8-6-9-13-29)35(40)26-39(45(42,43)33-22-16-28(4)17-23-33)30-18-20-32(21-19-30)44-31-14-10-7-11-15-31/h6-23,27,34H,5,24-26H2,1-4H3,(H,37,41). The Kier molecular flexibility index (Phi) is 11.4. The van der Waals surface area contributed by atoms with Crippen LogP contribution in [0.4, 0.5) is 5.69 Å². The number of sulfonamides is 1.